The fraction of sp³-hybridized carbons (Fsp3) is 0.250. The van der Waals surface area contributed by atoms with Gasteiger partial charge in [-0.25, -0.2) is 4.52 Å². The molecule has 3 nitrogen and oxygen atoms in total. The molecular weight excluding hydrogens is 211 g/mol. The van der Waals surface area contributed by atoms with Crippen molar-refractivity contribution in [3.05, 3.63) is 30.3 Å². The fourth-order valence-electron chi connectivity index (χ4n) is 0.703. The standard InChI is InChI=1S/C8H9ClO3P/c9-6-7-11-13(10)12-8-4-2-1-3-5-8/h1-5H,6-7H2/q+1. The molecule has 0 amide bonds. The highest BCUT2D eigenvalue weighted by atomic mass is 35.5. The second-order valence-electron chi connectivity index (χ2n) is 2.15. The summed E-state index contributed by atoms with van der Waals surface area (Å²) in [7, 11) is -2.10. The number of alkyl halides is 1. The molecule has 0 saturated carbocycles. The number of halogens is 1. The molecule has 13 heavy (non-hydrogen) atoms. The van der Waals surface area contributed by atoms with Gasteiger partial charge in [-0.2, -0.15) is 0 Å². The predicted molar refractivity (Wildman–Crippen MR) is 51.3 cm³/mol. The lowest BCUT2D eigenvalue weighted by molar-refractivity contribution is 0.304. The van der Waals surface area contributed by atoms with Crippen LogP contribution in [0.3, 0.4) is 0 Å². The number of hydrogen-bond donors (Lipinski definition) is 0. The minimum atomic E-state index is -2.10. The molecule has 1 aromatic carbocycles. The van der Waals surface area contributed by atoms with Crippen LogP contribution in [0.4, 0.5) is 0 Å². The molecule has 5 heteroatoms. The van der Waals surface area contributed by atoms with E-state index in [9.17, 15) is 4.57 Å². The highest BCUT2D eigenvalue weighted by Gasteiger charge is 2.20. The maximum atomic E-state index is 11.0. The van der Waals surface area contributed by atoms with E-state index in [-0.39, 0.29) is 6.61 Å². The van der Waals surface area contributed by atoms with E-state index in [0.29, 0.717) is 11.6 Å². The van der Waals surface area contributed by atoms with Crippen molar-refractivity contribution in [1.82, 2.24) is 0 Å². The van der Waals surface area contributed by atoms with Gasteiger partial charge in [-0.1, -0.05) is 18.2 Å². The molecule has 0 heterocycles. The van der Waals surface area contributed by atoms with Crippen molar-refractivity contribution in [1.29, 1.82) is 0 Å². The minimum absolute atomic E-state index is 0.226. The van der Waals surface area contributed by atoms with Crippen molar-refractivity contribution in [3.63, 3.8) is 0 Å². The summed E-state index contributed by atoms with van der Waals surface area (Å²) in [5.74, 6) is 0.831. The van der Waals surface area contributed by atoms with E-state index in [0.717, 1.165) is 0 Å². The van der Waals surface area contributed by atoms with Crippen LogP contribution >= 0.6 is 19.9 Å². The van der Waals surface area contributed by atoms with Crippen molar-refractivity contribution in [2.24, 2.45) is 0 Å². The Labute approximate surface area is 82.6 Å². The van der Waals surface area contributed by atoms with Gasteiger partial charge in [0.25, 0.3) is 0 Å². The van der Waals surface area contributed by atoms with Gasteiger partial charge >= 0.3 is 8.25 Å². The van der Waals surface area contributed by atoms with Crippen LogP contribution in [-0.2, 0) is 9.09 Å². The molecule has 0 aromatic heterocycles. The summed E-state index contributed by atoms with van der Waals surface area (Å²) in [6.07, 6.45) is 0. The van der Waals surface area contributed by atoms with Crippen molar-refractivity contribution in [2.75, 3.05) is 12.5 Å². The van der Waals surface area contributed by atoms with Gasteiger partial charge in [0, 0.05) is 4.57 Å². The third-order valence-electron chi connectivity index (χ3n) is 1.20. The molecule has 0 aliphatic heterocycles. The van der Waals surface area contributed by atoms with Gasteiger partial charge in [0.2, 0.25) is 0 Å². The fourth-order valence-corrected chi connectivity index (χ4v) is 1.47. The molecule has 0 fully saturated rings. The normalized spacial score (nSPS) is 11.0. The lowest BCUT2D eigenvalue weighted by atomic mass is 10.3. The smallest absolute Gasteiger partial charge is 0.229 e. The molecule has 1 aromatic rings. The lowest BCUT2D eigenvalue weighted by Gasteiger charge is -1.90. The van der Waals surface area contributed by atoms with Gasteiger partial charge in [-0.3, -0.25) is 0 Å². The summed E-state index contributed by atoms with van der Waals surface area (Å²) in [6.45, 7) is 0.226. The first kappa shape index (κ1) is 10.5. The average molecular weight is 220 g/mol. The summed E-state index contributed by atoms with van der Waals surface area (Å²) in [4.78, 5) is 0. The molecular formula is C8H9ClO3P+. The van der Waals surface area contributed by atoms with Crippen LogP contribution in [0.1, 0.15) is 0 Å². The van der Waals surface area contributed by atoms with E-state index in [1.54, 1.807) is 24.3 Å². The molecule has 0 spiro atoms. The largest absolute Gasteiger partial charge is 0.750 e. The van der Waals surface area contributed by atoms with Crippen molar-refractivity contribution >= 4 is 19.9 Å². The first-order valence-electron chi connectivity index (χ1n) is 3.72. The number of hydrogen-bond acceptors (Lipinski definition) is 3. The third-order valence-corrected chi connectivity index (χ3v) is 2.10. The zero-order chi connectivity index (χ0) is 9.52. The van der Waals surface area contributed by atoms with Gasteiger partial charge in [0.05, 0.1) is 5.88 Å². The molecule has 1 atom stereocenters. The Kier molecular flexibility index (Phi) is 4.76. The topological polar surface area (TPSA) is 35.5 Å². The number of para-hydroxylation sites is 1. The van der Waals surface area contributed by atoms with Gasteiger partial charge in [-0.05, 0) is 12.1 Å². The Hall–Kier alpha value is -0.630. The number of benzene rings is 1. The molecule has 0 aliphatic rings. The average Bonchev–Trinajstić information content (AvgIpc) is 2.16. The molecule has 0 N–H and O–H groups in total. The monoisotopic (exact) mass is 219 g/mol. The Morgan fingerprint density at radius 3 is 2.62 bits per heavy atom. The highest BCUT2D eigenvalue weighted by Crippen LogP contribution is 2.27. The van der Waals surface area contributed by atoms with Crippen LogP contribution in [0.5, 0.6) is 5.75 Å². The second kappa shape index (κ2) is 5.92. The molecule has 1 rings (SSSR count). The van der Waals surface area contributed by atoms with Crippen LogP contribution in [0.2, 0.25) is 0 Å². The van der Waals surface area contributed by atoms with Crippen LogP contribution < -0.4 is 4.52 Å². The van der Waals surface area contributed by atoms with Crippen LogP contribution in [0, 0.1) is 0 Å². The van der Waals surface area contributed by atoms with E-state index in [4.69, 9.17) is 20.6 Å². The van der Waals surface area contributed by atoms with Crippen LogP contribution in [-0.4, -0.2) is 12.5 Å². The van der Waals surface area contributed by atoms with Crippen LogP contribution in [0.25, 0.3) is 0 Å². The molecule has 70 valence electrons. The van der Waals surface area contributed by atoms with Gasteiger partial charge < -0.3 is 0 Å². The van der Waals surface area contributed by atoms with E-state index in [1.165, 1.54) is 0 Å². The Bertz CT molecular complexity index is 265. The molecule has 0 saturated heterocycles. The summed E-state index contributed by atoms with van der Waals surface area (Å²) >= 11 is 5.34. The predicted octanol–water partition coefficient (Wildman–Crippen LogP) is 2.98. The first-order valence-corrected chi connectivity index (χ1v) is 5.35. The van der Waals surface area contributed by atoms with E-state index in [2.05, 4.69) is 0 Å². The number of rotatable bonds is 5. The van der Waals surface area contributed by atoms with Gasteiger partial charge in [-0.15, -0.1) is 16.1 Å². The van der Waals surface area contributed by atoms with E-state index < -0.39 is 8.25 Å². The zero-order valence-corrected chi connectivity index (χ0v) is 8.50. The zero-order valence-electron chi connectivity index (χ0n) is 6.85. The van der Waals surface area contributed by atoms with Crippen molar-refractivity contribution < 1.29 is 13.6 Å². The van der Waals surface area contributed by atoms with E-state index >= 15 is 0 Å². The minimum Gasteiger partial charge on any atom is -0.229 e. The quantitative estimate of drug-likeness (QED) is 0.564. The third kappa shape index (κ3) is 4.23. The summed E-state index contributed by atoms with van der Waals surface area (Å²) in [6, 6.07) is 8.84. The molecule has 1 unspecified atom stereocenters. The lowest BCUT2D eigenvalue weighted by Crippen LogP contribution is -1.90. The maximum absolute atomic E-state index is 11.0. The SMILES string of the molecule is O=[P+](OCCCl)Oc1ccccc1. The first-order chi connectivity index (χ1) is 6.33. The maximum Gasteiger partial charge on any atom is 0.750 e. The molecule has 0 bridgehead atoms. The van der Waals surface area contributed by atoms with Crippen molar-refractivity contribution in [2.45, 2.75) is 0 Å². The summed E-state index contributed by atoms with van der Waals surface area (Å²) in [5, 5.41) is 0. The van der Waals surface area contributed by atoms with Crippen LogP contribution in [0.15, 0.2) is 30.3 Å². The summed E-state index contributed by atoms with van der Waals surface area (Å²) < 4.78 is 20.7. The highest BCUT2D eigenvalue weighted by molar-refractivity contribution is 7.33. The Balaban J connectivity index is 2.37. The van der Waals surface area contributed by atoms with Gasteiger partial charge in [0.15, 0.2) is 5.75 Å². The Morgan fingerprint density at radius 1 is 1.31 bits per heavy atom. The molecule has 0 radical (unpaired) electrons. The second-order valence-corrected chi connectivity index (χ2v) is 3.42. The van der Waals surface area contributed by atoms with E-state index in [1.807, 2.05) is 6.07 Å². The summed E-state index contributed by atoms with van der Waals surface area (Å²) in [5.41, 5.74) is 0. The van der Waals surface area contributed by atoms with Gasteiger partial charge in [0.1, 0.15) is 6.61 Å². The van der Waals surface area contributed by atoms with Crippen molar-refractivity contribution in [3.8, 4) is 5.75 Å². The molecule has 0 aliphatic carbocycles. The Morgan fingerprint density at radius 2 is 2.00 bits per heavy atom.